The topological polar surface area (TPSA) is 87.8 Å². The third kappa shape index (κ3) is 2.96. The third-order valence-electron chi connectivity index (χ3n) is 3.44. The molecule has 0 fully saturated rings. The Morgan fingerprint density at radius 3 is 2.76 bits per heavy atom. The van der Waals surface area contributed by atoms with E-state index in [2.05, 4.69) is 10.1 Å². The van der Waals surface area contributed by atoms with Gasteiger partial charge in [-0.3, -0.25) is 14.5 Å². The molecule has 7 nitrogen and oxygen atoms in total. The van der Waals surface area contributed by atoms with Crippen molar-refractivity contribution >= 4 is 22.3 Å². The molecule has 21 heavy (non-hydrogen) atoms. The van der Waals surface area contributed by atoms with Crippen LogP contribution in [0.1, 0.15) is 31.5 Å². The van der Waals surface area contributed by atoms with Gasteiger partial charge in [0.15, 0.2) is 0 Å². The van der Waals surface area contributed by atoms with E-state index in [9.17, 15) is 14.7 Å². The van der Waals surface area contributed by atoms with Gasteiger partial charge in [-0.15, -0.1) is 0 Å². The van der Waals surface area contributed by atoms with Crippen molar-refractivity contribution in [3.63, 3.8) is 0 Å². The molecule has 0 bridgehead atoms. The fourth-order valence-corrected chi connectivity index (χ4v) is 2.99. The van der Waals surface area contributed by atoms with E-state index >= 15 is 0 Å². The Hall–Kier alpha value is -1.80. The van der Waals surface area contributed by atoms with Crippen LogP contribution in [0.3, 0.4) is 0 Å². The van der Waals surface area contributed by atoms with Crippen molar-refractivity contribution in [2.45, 2.75) is 39.8 Å². The molecule has 0 aromatic carbocycles. The second kappa shape index (κ2) is 5.53. The van der Waals surface area contributed by atoms with Crippen molar-refractivity contribution in [1.29, 1.82) is 0 Å². The number of carboxylic acids is 1. The lowest BCUT2D eigenvalue weighted by molar-refractivity contribution is -0.149. The molecule has 0 aliphatic heterocycles. The van der Waals surface area contributed by atoms with Gasteiger partial charge < -0.3 is 5.11 Å². The van der Waals surface area contributed by atoms with Crippen molar-refractivity contribution in [1.82, 2.24) is 19.5 Å². The monoisotopic (exact) mass is 310 g/mol. The van der Waals surface area contributed by atoms with E-state index in [0.717, 1.165) is 0 Å². The summed E-state index contributed by atoms with van der Waals surface area (Å²) in [6.45, 7) is 7.89. The highest BCUT2D eigenvalue weighted by Crippen LogP contribution is 2.20. The maximum atomic E-state index is 11.8. The number of aryl methyl sites for hydroxylation is 1. The maximum absolute atomic E-state index is 11.8. The van der Waals surface area contributed by atoms with E-state index in [-0.39, 0.29) is 5.56 Å². The number of fused-ring (bicyclic) bond motifs is 1. The van der Waals surface area contributed by atoms with Crippen LogP contribution in [0, 0.1) is 6.92 Å². The lowest BCUT2D eigenvalue weighted by Gasteiger charge is -2.33. The summed E-state index contributed by atoms with van der Waals surface area (Å²) in [7, 11) is 0. The molecule has 114 valence electrons. The Bertz CT molecular complexity index is 735. The minimum absolute atomic E-state index is 0.222. The predicted octanol–water partition coefficient (Wildman–Crippen LogP) is 1.14. The average Bonchev–Trinajstić information content (AvgIpc) is 2.78. The standard InChI is InChI=1S/C13H18N4O3S/c1-5-16(13(3,4)11(19)20)7-9-15-17-10(18)6-8(2)14-12(17)21-9/h6H,5,7H2,1-4H3,(H,19,20). The fourth-order valence-electron chi connectivity index (χ4n) is 2.03. The summed E-state index contributed by atoms with van der Waals surface area (Å²) in [4.78, 5) is 29.8. The molecule has 0 amide bonds. The molecule has 0 saturated heterocycles. The van der Waals surface area contributed by atoms with Crippen molar-refractivity contribution in [2.24, 2.45) is 0 Å². The summed E-state index contributed by atoms with van der Waals surface area (Å²) in [6.07, 6.45) is 0. The molecule has 1 N–H and O–H groups in total. The third-order valence-corrected chi connectivity index (χ3v) is 4.33. The van der Waals surface area contributed by atoms with Gasteiger partial charge in [0.05, 0.1) is 6.54 Å². The van der Waals surface area contributed by atoms with Gasteiger partial charge in [0.1, 0.15) is 10.5 Å². The number of carbonyl (C=O) groups is 1. The van der Waals surface area contributed by atoms with E-state index in [1.165, 1.54) is 21.9 Å². The minimum atomic E-state index is -0.999. The molecule has 0 aliphatic rings. The molecule has 0 atom stereocenters. The van der Waals surface area contributed by atoms with Crippen LogP contribution >= 0.6 is 11.3 Å². The van der Waals surface area contributed by atoms with Crippen LogP contribution in [-0.2, 0) is 11.3 Å². The molecule has 2 aromatic rings. The smallest absolute Gasteiger partial charge is 0.323 e. The first kappa shape index (κ1) is 15.6. The molecule has 0 spiro atoms. The highest BCUT2D eigenvalue weighted by atomic mass is 32.1. The van der Waals surface area contributed by atoms with Crippen LogP contribution in [0.4, 0.5) is 0 Å². The molecule has 2 aromatic heterocycles. The molecule has 2 rings (SSSR count). The number of aliphatic carboxylic acids is 1. The predicted molar refractivity (Wildman–Crippen MR) is 79.7 cm³/mol. The Labute approximate surface area is 125 Å². The van der Waals surface area contributed by atoms with Crippen LogP contribution in [0.2, 0.25) is 0 Å². The lowest BCUT2D eigenvalue weighted by atomic mass is 10.0. The molecule has 8 heteroatoms. The molecule has 2 heterocycles. The SMILES string of the molecule is CCN(Cc1nn2c(=O)cc(C)nc2s1)C(C)(C)C(=O)O. The van der Waals surface area contributed by atoms with Gasteiger partial charge in [-0.1, -0.05) is 18.3 Å². The summed E-state index contributed by atoms with van der Waals surface area (Å²) in [5.41, 5.74) is -0.574. The van der Waals surface area contributed by atoms with Crippen LogP contribution in [-0.4, -0.2) is 42.7 Å². The zero-order valence-corrected chi connectivity index (χ0v) is 13.3. The van der Waals surface area contributed by atoms with Crippen molar-refractivity contribution < 1.29 is 9.90 Å². The molecule has 0 saturated carbocycles. The summed E-state index contributed by atoms with van der Waals surface area (Å²) in [5.74, 6) is -0.892. The number of aromatic nitrogens is 3. The van der Waals surface area contributed by atoms with Crippen LogP contribution in [0.5, 0.6) is 0 Å². The first-order chi connectivity index (χ1) is 9.75. The summed E-state index contributed by atoms with van der Waals surface area (Å²) in [6, 6.07) is 1.43. The highest BCUT2D eigenvalue weighted by Gasteiger charge is 2.34. The number of nitrogens with zero attached hydrogens (tertiary/aromatic N) is 4. The number of carboxylic acid groups (broad SMARTS) is 1. The Kier molecular flexibility index (Phi) is 4.11. The van der Waals surface area contributed by atoms with Gasteiger partial charge in [-0.05, 0) is 27.3 Å². The van der Waals surface area contributed by atoms with E-state index in [1.54, 1.807) is 25.7 Å². The van der Waals surface area contributed by atoms with Crippen LogP contribution in [0.25, 0.3) is 4.96 Å². The molecular formula is C13H18N4O3S. The fraction of sp³-hybridized carbons (Fsp3) is 0.538. The molecular weight excluding hydrogens is 292 g/mol. The zero-order chi connectivity index (χ0) is 15.8. The Balaban J connectivity index is 2.37. The van der Waals surface area contributed by atoms with E-state index in [0.29, 0.717) is 28.8 Å². The minimum Gasteiger partial charge on any atom is -0.480 e. The van der Waals surface area contributed by atoms with Crippen molar-refractivity contribution in [3.05, 3.63) is 27.1 Å². The van der Waals surface area contributed by atoms with E-state index in [1.807, 2.05) is 6.92 Å². The summed E-state index contributed by atoms with van der Waals surface area (Å²) >= 11 is 1.30. The highest BCUT2D eigenvalue weighted by molar-refractivity contribution is 7.16. The quantitative estimate of drug-likeness (QED) is 0.891. The largest absolute Gasteiger partial charge is 0.480 e. The van der Waals surface area contributed by atoms with Gasteiger partial charge in [-0.25, -0.2) is 4.98 Å². The number of rotatable bonds is 5. The normalized spacial score (nSPS) is 12.2. The average molecular weight is 310 g/mol. The van der Waals surface area contributed by atoms with Gasteiger partial charge in [0.25, 0.3) is 5.56 Å². The second-order valence-corrected chi connectivity index (χ2v) is 6.34. The summed E-state index contributed by atoms with van der Waals surface area (Å²) in [5, 5.41) is 14.2. The Morgan fingerprint density at radius 1 is 1.52 bits per heavy atom. The summed E-state index contributed by atoms with van der Waals surface area (Å²) < 4.78 is 1.26. The zero-order valence-electron chi connectivity index (χ0n) is 12.5. The Morgan fingerprint density at radius 2 is 2.19 bits per heavy atom. The lowest BCUT2D eigenvalue weighted by Crippen LogP contribution is -2.49. The number of likely N-dealkylation sites (N-methyl/N-ethyl adjacent to an activating group) is 1. The van der Waals surface area contributed by atoms with E-state index < -0.39 is 11.5 Å². The van der Waals surface area contributed by atoms with Crippen molar-refractivity contribution in [2.75, 3.05) is 6.54 Å². The molecule has 0 unspecified atom stereocenters. The second-order valence-electron chi connectivity index (χ2n) is 5.30. The number of hydrogen-bond donors (Lipinski definition) is 1. The maximum Gasteiger partial charge on any atom is 0.323 e. The molecule has 0 aliphatic carbocycles. The first-order valence-electron chi connectivity index (χ1n) is 6.60. The van der Waals surface area contributed by atoms with Crippen LogP contribution < -0.4 is 5.56 Å². The first-order valence-corrected chi connectivity index (χ1v) is 7.42. The van der Waals surface area contributed by atoms with Gasteiger partial charge in [-0.2, -0.15) is 9.61 Å². The van der Waals surface area contributed by atoms with Gasteiger partial charge in [0.2, 0.25) is 4.96 Å². The van der Waals surface area contributed by atoms with Gasteiger partial charge in [0, 0.05) is 11.8 Å². The van der Waals surface area contributed by atoms with Crippen molar-refractivity contribution in [3.8, 4) is 0 Å². The molecule has 0 radical (unpaired) electrons. The van der Waals surface area contributed by atoms with Crippen LogP contribution in [0.15, 0.2) is 10.9 Å². The van der Waals surface area contributed by atoms with Gasteiger partial charge >= 0.3 is 5.97 Å². The van der Waals surface area contributed by atoms with E-state index in [4.69, 9.17) is 0 Å². The number of hydrogen-bond acceptors (Lipinski definition) is 6.